The Bertz CT molecular complexity index is 601. The van der Waals surface area contributed by atoms with Crippen molar-refractivity contribution in [2.24, 2.45) is 0 Å². The summed E-state index contributed by atoms with van der Waals surface area (Å²) in [6.07, 6.45) is 0. The lowest BCUT2D eigenvalue weighted by molar-refractivity contribution is 0.449. The third-order valence-corrected chi connectivity index (χ3v) is 3.66. The van der Waals surface area contributed by atoms with Gasteiger partial charge in [-0.15, -0.1) is 0 Å². The van der Waals surface area contributed by atoms with Crippen molar-refractivity contribution in [2.45, 2.75) is 25.9 Å². The molecule has 2 aromatic rings. The maximum Gasteiger partial charge on any atom is 0.163 e. The molecular formula is C16H16ClF2N. The summed E-state index contributed by atoms with van der Waals surface area (Å²) in [5, 5.41) is 3.88. The van der Waals surface area contributed by atoms with Crippen LogP contribution in [0.4, 0.5) is 8.78 Å². The Morgan fingerprint density at radius 3 is 2.20 bits per heavy atom. The minimum atomic E-state index is -0.832. The van der Waals surface area contributed by atoms with Crippen molar-refractivity contribution in [2.75, 3.05) is 0 Å². The summed E-state index contributed by atoms with van der Waals surface area (Å²) >= 11 is 6.13. The van der Waals surface area contributed by atoms with Gasteiger partial charge < -0.3 is 5.32 Å². The normalized spacial score (nSPS) is 14.1. The van der Waals surface area contributed by atoms with Crippen LogP contribution in [0.15, 0.2) is 42.5 Å². The van der Waals surface area contributed by atoms with Crippen LogP contribution in [0.5, 0.6) is 0 Å². The Balaban J connectivity index is 2.17. The van der Waals surface area contributed by atoms with E-state index in [1.807, 2.05) is 31.2 Å². The van der Waals surface area contributed by atoms with Crippen LogP contribution in [0.2, 0.25) is 5.02 Å². The first-order valence-corrected chi connectivity index (χ1v) is 6.83. The van der Waals surface area contributed by atoms with Gasteiger partial charge in [-0.2, -0.15) is 0 Å². The maximum absolute atomic E-state index is 13.7. The number of hydrogen-bond donors (Lipinski definition) is 1. The molecule has 2 rings (SSSR count). The molecule has 1 N–H and O–H groups in total. The molecule has 1 unspecified atom stereocenters. The zero-order chi connectivity index (χ0) is 14.7. The summed E-state index contributed by atoms with van der Waals surface area (Å²) in [5.74, 6) is -1.64. The third kappa shape index (κ3) is 3.17. The molecule has 2 aromatic carbocycles. The van der Waals surface area contributed by atoms with Gasteiger partial charge >= 0.3 is 0 Å². The predicted molar refractivity (Wildman–Crippen MR) is 77.8 cm³/mol. The zero-order valence-corrected chi connectivity index (χ0v) is 12.1. The van der Waals surface area contributed by atoms with Crippen LogP contribution in [-0.2, 0) is 0 Å². The average Bonchev–Trinajstić information content (AvgIpc) is 2.42. The molecule has 2 atom stereocenters. The van der Waals surface area contributed by atoms with Crippen molar-refractivity contribution in [3.05, 3.63) is 70.2 Å². The minimum absolute atomic E-state index is 0.0682. The lowest BCUT2D eigenvalue weighted by Crippen LogP contribution is -2.23. The third-order valence-electron chi connectivity index (χ3n) is 3.32. The van der Waals surface area contributed by atoms with Crippen molar-refractivity contribution in [1.29, 1.82) is 0 Å². The monoisotopic (exact) mass is 295 g/mol. The molecule has 0 aromatic heterocycles. The van der Waals surface area contributed by atoms with Gasteiger partial charge in [-0.3, -0.25) is 0 Å². The van der Waals surface area contributed by atoms with Crippen LogP contribution in [0, 0.1) is 11.6 Å². The first kappa shape index (κ1) is 14.9. The number of benzene rings is 2. The van der Waals surface area contributed by atoms with Crippen molar-refractivity contribution < 1.29 is 8.78 Å². The second-order valence-electron chi connectivity index (χ2n) is 4.77. The molecule has 0 spiro atoms. The first-order chi connectivity index (χ1) is 9.50. The Hall–Kier alpha value is -1.45. The Morgan fingerprint density at radius 2 is 1.50 bits per heavy atom. The van der Waals surface area contributed by atoms with Crippen molar-refractivity contribution in [3.63, 3.8) is 0 Å². The van der Waals surface area contributed by atoms with E-state index in [0.29, 0.717) is 10.6 Å². The fourth-order valence-electron chi connectivity index (χ4n) is 2.24. The van der Waals surface area contributed by atoms with E-state index in [2.05, 4.69) is 5.32 Å². The molecule has 0 aliphatic rings. The molecule has 0 saturated heterocycles. The standard InChI is InChI=1S/C16H16ClF2N/c1-10(12-6-3-4-8-14(12)17)20-11(2)13-7-5-9-15(18)16(13)19/h3-11,20H,1-2H3/t10-,11?/m0/s1. The van der Waals surface area contributed by atoms with Crippen molar-refractivity contribution in [1.82, 2.24) is 5.32 Å². The number of rotatable bonds is 4. The maximum atomic E-state index is 13.7. The number of halogens is 3. The van der Waals surface area contributed by atoms with Gasteiger partial charge in [0.1, 0.15) is 0 Å². The Morgan fingerprint density at radius 1 is 0.900 bits per heavy atom. The van der Waals surface area contributed by atoms with Gasteiger partial charge in [-0.1, -0.05) is 41.9 Å². The highest BCUT2D eigenvalue weighted by molar-refractivity contribution is 6.31. The van der Waals surface area contributed by atoms with E-state index in [1.165, 1.54) is 6.07 Å². The first-order valence-electron chi connectivity index (χ1n) is 6.45. The van der Waals surface area contributed by atoms with Gasteiger partial charge in [0.15, 0.2) is 11.6 Å². The molecule has 20 heavy (non-hydrogen) atoms. The molecule has 0 amide bonds. The molecule has 0 saturated carbocycles. The molecular weight excluding hydrogens is 280 g/mol. The molecule has 4 heteroatoms. The lowest BCUT2D eigenvalue weighted by Gasteiger charge is -2.22. The average molecular weight is 296 g/mol. The fourth-order valence-corrected chi connectivity index (χ4v) is 2.54. The summed E-state index contributed by atoms with van der Waals surface area (Å²) in [6.45, 7) is 3.74. The second kappa shape index (κ2) is 6.33. The molecule has 1 nitrogen and oxygen atoms in total. The highest BCUT2D eigenvalue weighted by Gasteiger charge is 2.17. The van der Waals surface area contributed by atoms with E-state index < -0.39 is 11.6 Å². The molecule has 0 radical (unpaired) electrons. The van der Waals surface area contributed by atoms with Gasteiger partial charge in [0.05, 0.1) is 0 Å². The molecule has 0 heterocycles. The molecule has 0 fully saturated rings. The summed E-state index contributed by atoms with van der Waals surface area (Å²) < 4.78 is 27.0. The van der Waals surface area contributed by atoms with Crippen LogP contribution in [0.25, 0.3) is 0 Å². The Labute approximate surface area is 122 Å². The van der Waals surface area contributed by atoms with E-state index in [0.717, 1.165) is 11.6 Å². The van der Waals surface area contributed by atoms with Crippen LogP contribution < -0.4 is 5.32 Å². The summed E-state index contributed by atoms with van der Waals surface area (Å²) in [5.41, 5.74) is 1.24. The minimum Gasteiger partial charge on any atom is -0.303 e. The van der Waals surface area contributed by atoms with Crippen LogP contribution in [-0.4, -0.2) is 0 Å². The molecule has 0 bridgehead atoms. The smallest absolute Gasteiger partial charge is 0.163 e. The van der Waals surface area contributed by atoms with Crippen LogP contribution in [0.1, 0.15) is 37.1 Å². The van der Waals surface area contributed by atoms with E-state index in [1.54, 1.807) is 13.0 Å². The topological polar surface area (TPSA) is 12.0 Å². The number of nitrogens with one attached hydrogen (secondary N) is 1. The van der Waals surface area contributed by atoms with E-state index in [-0.39, 0.29) is 12.1 Å². The summed E-state index contributed by atoms with van der Waals surface area (Å²) in [7, 11) is 0. The quantitative estimate of drug-likeness (QED) is 0.834. The van der Waals surface area contributed by atoms with Gasteiger partial charge in [-0.05, 0) is 31.5 Å². The largest absolute Gasteiger partial charge is 0.303 e. The van der Waals surface area contributed by atoms with Gasteiger partial charge in [0.2, 0.25) is 0 Å². The second-order valence-corrected chi connectivity index (χ2v) is 5.18. The van der Waals surface area contributed by atoms with Crippen molar-refractivity contribution in [3.8, 4) is 0 Å². The Kier molecular flexibility index (Phi) is 4.73. The highest BCUT2D eigenvalue weighted by Crippen LogP contribution is 2.26. The summed E-state index contributed by atoms with van der Waals surface area (Å²) in [6, 6.07) is 11.3. The van der Waals surface area contributed by atoms with Gasteiger partial charge in [0, 0.05) is 22.7 Å². The molecule has 0 aliphatic carbocycles. The SMILES string of the molecule is CC(N[C@@H](C)c1ccccc1Cl)c1cccc(F)c1F. The fraction of sp³-hybridized carbons (Fsp3) is 0.250. The van der Waals surface area contributed by atoms with E-state index >= 15 is 0 Å². The number of hydrogen-bond acceptors (Lipinski definition) is 1. The van der Waals surface area contributed by atoms with E-state index in [4.69, 9.17) is 11.6 Å². The van der Waals surface area contributed by atoms with E-state index in [9.17, 15) is 8.78 Å². The van der Waals surface area contributed by atoms with Gasteiger partial charge in [0.25, 0.3) is 0 Å². The lowest BCUT2D eigenvalue weighted by atomic mass is 10.0. The predicted octanol–water partition coefficient (Wildman–Crippen LogP) is 5.03. The highest BCUT2D eigenvalue weighted by atomic mass is 35.5. The van der Waals surface area contributed by atoms with Crippen molar-refractivity contribution >= 4 is 11.6 Å². The zero-order valence-electron chi connectivity index (χ0n) is 11.3. The van der Waals surface area contributed by atoms with Gasteiger partial charge in [-0.25, -0.2) is 8.78 Å². The molecule has 106 valence electrons. The van der Waals surface area contributed by atoms with Crippen LogP contribution >= 0.6 is 11.6 Å². The van der Waals surface area contributed by atoms with Crippen LogP contribution in [0.3, 0.4) is 0 Å². The summed E-state index contributed by atoms with van der Waals surface area (Å²) in [4.78, 5) is 0. The molecule has 0 aliphatic heterocycles.